The second-order valence-corrected chi connectivity index (χ2v) is 35.1. The number of benzene rings is 8. The predicted molar refractivity (Wildman–Crippen MR) is 440 cm³/mol. The van der Waals surface area contributed by atoms with E-state index in [1.54, 1.807) is 0 Å². The summed E-state index contributed by atoms with van der Waals surface area (Å²) in [7, 11) is 0. The molecule has 13 rings (SSSR count). The maximum atomic E-state index is 5.86. The fourth-order valence-electron chi connectivity index (χ4n) is 13.0. The molecular formula is C84H94N4S8. The van der Waals surface area contributed by atoms with Gasteiger partial charge in [-0.3, -0.25) is 0 Å². The van der Waals surface area contributed by atoms with Gasteiger partial charge < -0.3 is 9.97 Å². The minimum Gasteiger partial charge on any atom is -0.354 e. The van der Waals surface area contributed by atoms with Crippen molar-refractivity contribution in [1.29, 1.82) is 0 Å². The Morgan fingerprint density at radius 3 is 0.552 bits per heavy atom. The Morgan fingerprint density at radius 2 is 0.385 bits per heavy atom. The van der Waals surface area contributed by atoms with Gasteiger partial charge in [0.15, 0.2) is 0 Å². The Hall–Kier alpha value is -4.76. The smallest absolute Gasteiger partial charge is 0.0737 e. The van der Waals surface area contributed by atoms with Crippen LogP contribution in [0.15, 0.2) is 160 Å². The van der Waals surface area contributed by atoms with Crippen LogP contribution in [0.2, 0.25) is 0 Å². The zero-order valence-corrected chi connectivity index (χ0v) is 64.2. The van der Waals surface area contributed by atoms with Gasteiger partial charge in [-0.15, -0.1) is 94.1 Å². The summed E-state index contributed by atoms with van der Waals surface area (Å²) >= 11 is 16.3. The molecule has 0 spiro atoms. The third-order valence-corrected chi connectivity index (χ3v) is 28.3. The summed E-state index contributed by atoms with van der Waals surface area (Å²) in [6.07, 6.45) is 19.2. The number of hydrogen-bond acceptors (Lipinski definition) is 10. The largest absolute Gasteiger partial charge is 0.354 e. The Morgan fingerprint density at radius 1 is 0.219 bits per heavy atom. The van der Waals surface area contributed by atoms with Gasteiger partial charge in [0.25, 0.3) is 0 Å². The number of fused-ring (bicyclic) bond motifs is 24. The average Bonchev–Trinajstić information content (AvgIpc) is 1.50. The first-order valence-electron chi connectivity index (χ1n) is 36.0. The van der Waals surface area contributed by atoms with E-state index < -0.39 is 0 Å². The number of aromatic amines is 2. The Balaban J connectivity index is 1.13. The zero-order valence-electron chi connectivity index (χ0n) is 57.7. The van der Waals surface area contributed by atoms with Crippen LogP contribution in [0, 0.1) is 0 Å². The van der Waals surface area contributed by atoms with Crippen molar-refractivity contribution in [3.63, 3.8) is 0 Å². The molecule has 0 aliphatic carbocycles. The second kappa shape index (κ2) is 33.1. The summed E-state index contributed by atoms with van der Waals surface area (Å²) in [6, 6.07) is 49.2. The van der Waals surface area contributed by atoms with E-state index in [0.717, 1.165) is 90.9 Å². The highest BCUT2D eigenvalue weighted by Gasteiger charge is 2.24. The SMILES string of the molecule is CCCCSc1cc2cc3c(cc2cc1SCCCC)-c1cc2[nH]c(cc4nc(cc5[nH]c(cc-3n1)c1cc3cc(SCCCC)c(SCCCC)cc3cc51)-c1cc3cc(SCCCC)c(SCCCC)cc3cc1-4)c1cc3cc(SCCCC)c(SCCCC)cc3cc21. The molecule has 0 radical (unpaired) electrons. The number of hydrogen-bond donors (Lipinski definition) is 2. The summed E-state index contributed by atoms with van der Waals surface area (Å²) in [4.78, 5) is 31.2. The van der Waals surface area contributed by atoms with Crippen LogP contribution in [0.25, 0.3) is 132 Å². The normalized spacial score (nSPS) is 12.2. The minimum absolute atomic E-state index is 0.973. The van der Waals surface area contributed by atoms with E-state index in [1.165, 1.54) is 229 Å². The van der Waals surface area contributed by atoms with E-state index in [0.29, 0.717) is 0 Å². The molecule has 96 heavy (non-hydrogen) atoms. The van der Waals surface area contributed by atoms with E-state index in [-0.39, 0.29) is 0 Å². The monoisotopic (exact) mass is 1410 g/mol. The highest BCUT2D eigenvalue weighted by Crippen LogP contribution is 2.48. The molecule has 0 saturated heterocycles. The van der Waals surface area contributed by atoms with Crippen LogP contribution in [0.3, 0.4) is 0 Å². The standard InChI is InChI=1S/C84H94N4S8/c1-9-17-25-89-77-41-53-33-61-62(34-54(53)42-78(77)90-26-18-10-2)70-50-72-65-37-57-45-81(93-29-21-13-5)82(94-30-22-14-6)46-58(57)38-66(65)74(87-72)52-76-68-40-60-48-84(96-32-24-16-8)83(95-31-23-15-7)47-59(60)39-67(68)75(88-76)51-73-64-36-56-44-80(92-28-20-12-4)79(91-27-19-11-3)43-55(56)35-63(64)71(86-73)49-69(61)85-70/h33-52,85,88H,9-32H2,1-8H3. The first kappa shape index (κ1) is 69.7. The summed E-state index contributed by atoms with van der Waals surface area (Å²) in [6.45, 7) is 18.4. The zero-order chi connectivity index (χ0) is 66.1. The number of rotatable bonds is 32. The lowest BCUT2D eigenvalue weighted by molar-refractivity contribution is 0.893. The molecule has 0 saturated carbocycles. The third kappa shape index (κ3) is 15.6. The van der Waals surface area contributed by atoms with Gasteiger partial charge in [-0.05, 0) is 262 Å². The number of unbranched alkanes of at least 4 members (excludes halogenated alkanes) is 8. The topological polar surface area (TPSA) is 57.4 Å². The summed E-state index contributed by atoms with van der Waals surface area (Å²) in [5.74, 6) is 8.98. The fraction of sp³-hybridized carbons (Fsp3) is 0.381. The first-order valence-corrected chi connectivity index (χ1v) is 43.9. The molecule has 5 heterocycles. The van der Waals surface area contributed by atoms with Gasteiger partial charge in [-0.2, -0.15) is 0 Å². The highest BCUT2D eigenvalue weighted by atomic mass is 32.2. The molecule has 4 nitrogen and oxygen atoms in total. The molecule has 2 aliphatic heterocycles. The lowest BCUT2D eigenvalue weighted by Gasteiger charge is -2.13. The van der Waals surface area contributed by atoms with Crippen LogP contribution in [-0.4, -0.2) is 66.0 Å². The molecule has 8 bridgehead atoms. The van der Waals surface area contributed by atoms with Crippen LogP contribution in [0.1, 0.15) is 158 Å². The molecule has 12 heteroatoms. The molecule has 0 atom stereocenters. The molecule has 8 aromatic carbocycles. The fourth-order valence-corrected chi connectivity index (χ4v) is 22.9. The van der Waals surface area contributed by atoms with Crippen LogP contribution >= 0.6 is 94.1 Å². The van der Waals surface area contributed by atoms with E-state index in [2.05, 4.69) is 187 Å². The van der Waals surface area contributed by atoms with Crippen molar-refractivity contribution in [2.45, 2.75) is 197 Å². The number of H-pyrrole nitrogens is 2. The lowest BCUT2D eigenvalue weighted by atomic mass is 9.98. The summed E-state index contributed by atoms with van der Waals surface area (Å²) in [5, 5.41) is 14.9. The summed E-state index contributed by atoms with van der Waals surface area (Å²) in [5.41, 5.74) is 12.8. The average molecular weight is 1420 g/mol. The lowest BCUT2D eigenvalue weighted by Crippen LogP contribution is -1.88. The van der Waals surface area contributed by atoms with E-state index >= 15 is 0 Å². The number of aromatic nitrogens is 4. The maximum absolute atomic E-state index is 5.86. The van der Waals surface area contributed by atoms with Crippen molar-refractivity contribution < 1.29 is 0 Å². The molecule has 498 valence electrons. The molecule has 11 aromatic rings. The van der Waals surface area contributed by atoms with Crippen molar-refractivity contribution in [1.82, 2.24) is 19.9 Å². The molecule has 3 aromatic heterocycles. The van der Waals surface area contributed by atoms with Gasteiger partial charge >= 0.3 is 0 Å². The molecule has 0 fully saturated rings. The van der Waals surface area contributed by atoms with E-state index in [1.807, 2.05) is 94.1 Å². The Labute approximate surface area is 605 Å². The van der Waals surface area contributed by atoms with Gasteiger partial charge in [-0.25, -0.2) is 9.97 Å². The molecule has 0 unspecified atom stereocenters. The quantitative estimate of drug-likeness (QED) is 0.0315. The third-order valence-electron chi connectivity index (χ3n) is 18.6. The van der Waals surface area contributed by atoms with Crippen LogP contribution in [0.5, 0.6) is 0 Å². The second-order valence-electron chi connectivity index (χ2n) is 26.0. The van der Waals surface area contributed by atoms with Crippen molar-refractivity contribution in [2.75, 3.05) is 46.0 Å². The van der Waals surface area contributed by atoms with Crippen LogP contribution < -0.4 is 0 Å². The van der Waals surface area contributed by atoms with Gasteiger partial charge in [0.05, 0.1) is 22.8 Å². The molecular weight excluding hydrogens is 1320 g/mol. The summed E-state index contributed by atoms with van der Waals surface area (Å²) < 4.78 is 0. The van der Waals surface area contributed by atoms with Gasteiger partial charge in [0.1, 0.15) is 0 Å². The molecule has 2 N–H and O–H groups in total. The van der Waals surface area contributed by atoms with Crippen molar-refractivity contribution in [2.24, 2.45) is 0 Å². The van der Waals surface area contributed by atoms with Crippen molar-refractivity contribution in [3.05, 3.63) is 121 Å². The van der Waals surface area contributed by atoms with Gasteiger partial charge in [-0.1, -0.05) is 107 Å². The Bertz CT molecular complexity index is 4220. The number of nitrogens with one attached hydrogen (secondary N) is 2. The van der Waals surface area contributed by atoms with Crippen LogP contribution in [0.4, 0.5) is 0 Å². The predicted octanol–water partition coefficient (Wildman–Crippen LogP) is 29.0. The Kier molecular flexibility index (Phi) is 24.1. The first-order chi connectivity index (χ1) is 47.2. The van der Waals surface area contributed by atoms with Crippen molar-refractivity contribution >= 4 is 181 Å². The van der Waals surface area contributed by atoms with Crippen LogP contribution in [-0.2, 0) is 0 Å². The number of thioether (sulfide) groups is 8. The van der Waals surface area contributed by atoms with E-state index in [9.17, 15) is 0 Å². The van der Waals surface area contributed by atoms with Gasteiger partial charge in [0, 0.05) is 105 Å². The molecule has 0 amide bonds. The maximum Gasteiger partial charge on any atom is 0.0737 e. The van der Waals surface area contributed by atoms with E-state index in [4.69, 9.17) is 9.97 Å². The molecule has 2 aliphatic rings. The highest BCUT2D eigenvalue weighted by molar-refractivity contribution is 8.03. The van der Waals surface area contributed by atoms with Gasteiger partial charge in [0.2, 0.25) is 0 Å². The van der Waals surface area contributed by atoms with Crippen molar-refractivity contribution in [3.8, 4) is 45.0 Å². The minimum atomic E-state index is 0.973. The number of nitrogens with zero attached hydrogens (tertiary/aromatic N) is 2.